The molecular formula is C13H9F5N2O. The standard InChI is InChI=1S/C13H9F5N2O/c1-19-7-3-2-6(4-20-7)5-21-13-11(17)9(15)8(14)10(16)12(13)18/h2-4H,5H2,1H3,(H,19,20). The Hall–Kier alpha value is -2.38. The monoisotopic (exact) mass is 304 g/mol. The SMILES string of the molecule is CNc1ccc(COc2c(F)c(F)c(F)c(F)c2F)cn1. The first-order valence-electron chi connectivity index (χ1n) is 5.72. The van der Waals surface area contributed by atoms with E-state index < -0.39 is 41.4 Å². The van der Waals surface area contributed by atoms with Gasteiger partial charge >= 0.3 is 0 Å². The lowest BCUT2D eigenvalue weighted by Gasteiger charge is -2.10. The fraction of sp³-hybridized carbons (Fsp3) is 0.154. The maximum atomic E-state index is 13.4. The van der Waals surface area contributed by atoms with Crippen molar-refractivity contribution in [1.82, 2.24) is 4.98 Å². The van der Waals surface area contributed by atoms with Crippen LogP contribution in [0.3, 0.4) is 0 Å². The number of hydrogen-bond acceptors (Lipinski definition) is 3. The molecule has 0 unspecified atom stereocenters. The molecule has 0 spiro atoms. The summed E-state index contributed by atoms with van der Waals surface area (Å²) in [4.78, 5) is 3.92. The van der Waals surface area contributed by atoms with Crippen molar-refractivity contribution in [3.63, 3.8) is 0 Å². The minimum absolute atomic E-state index is 0.394. The van der Waals surface area contributed by atoms with Crippen LogP contribution in [-0.2, 0) is 6.61 Å². The number of ether oxygens (including phenoxy) is 1. The Morgan fingerprint density at radius 2 is 1.52 bits per heavy atom. The number of pyridine rings is 1. The van der Waals surface area contributed by atoms with Gasteiger partial charge in [-0.25, -0.2) is 18.2 Å². The summed E-state index contributed by atoms with van der Waals surface area (Å²) in [5.41, 5.74) is 0.401. The van der Waals surface area contributed by atoms with Crippen molar-refractivity contribution < 1.29 is 26.7 Å². The predicted molar refractivity (Wildman–Crippen MR) is 64.3 cm³/mol. The van der Waals surface area contributed by atoms with Gasteiger partial charge in [0.1, 0.15) is 12.4 Å². The smallest absolute Gasteiger partial charge is 0.207 e. The molecule has 0 fully saturated rings. The Morgan fingerprint density at radius 1 is 0.952 bits per heavy atom. The van der Waals surface area contributed by atoms with E-state index in [0.29, 0.717) is 11.4 Å². The number of rotatable bonds is 4. The highest BCUT2D eigenvalue weighted by atomic mass is 19.2. The Morgan fingerprint density at radius 3 is 2.00 bits per heavy atom. The normalized spacial score (nSPS) is 10.6. The van der Waals surface area contributed by atoms with Crippen LogP contribution >= 0.6 is 0 Å². The largest absolute Gasteiger partial charge is 0.483 e. The van der Waals surface area contributed by atoms with E-state index in [2.05, 4.69) is 15.0 Å². The fourth-order valence-electron chi connectivity index (χ4n) is 1.52. The number of nitrogens with zero attached hydrogens (tertiary/aromatic N) is 1. The molecule has 1 aromatic heterocycles. The number of hydrogen-bond donors (Lipinski definition) is 1. The Balaban J connectivity index is 2.23. The second-order valence-electron chi connectivity index (χ2n) is 3.99. The first kappa shape index (κ1) is 15.0. The molecule has 112 valence electrons. The van der Waals surface area contributed by atoms with Crippen molar-refractivity contribution in [3.8, 4) is 5.75 Å². The molecule has 0 bridgehead atoms. The van der Waals surface area contributed by atoms with Crippen molar-refractivity contribution in [2.75, 3.05) is 12.4 Å². The first-order valence-corrected chi connectivity index (χ1v) is 5.72. The Labute approximate surface area is 116 Å². The van der Waals surface area contributed by atoms with Gasteiger partial charge in [-0.1, -0.05) is 6.07 Å². The summed E-state index contributed by atoms with van der Waals surface area (Å²) in [5, 5.41) is 2.75. The highest BCUT2D eigenvalue weighted by Gasteiger charge is 2.26. The minimum Gasteiger partial charge on any atom is -0.483 e. The average Bonchev–Trinajstić information content (AvgIpc) is 2.51. The third-order valence-corrected chi connectivity index (χ3v) is 2.63. The van der Waals surface area contributed by atoms with Crippen LogP contribution in [0.2, 0.25) is 0 Å². The Bertz CT molecular complexity index is 632. The van der Waals surface area contributed by atoms with Crippen LogP contribution < -0.4 is 10.1 Å². The number of aromatic nitrogens is 1. The van der Waals surface area contributed by atoms with E-state index in [1.165, 1.54) is 12.3 Å². The maximum absolute atomic E-state index is 13.4. The van der Waals surface area contributed by atoms with Gasteiger partial charge in [-0.15, -0.1) is 0 Å². The second kappa shape index (κ2) is 5.94. The molecule has 1 aromatic carbocycles. The van der Waals surface area contributed by atoms with Crippen molar-refractivity contribution in [1.29, 1.82) is 0 Å². The zero-order valence-electron chi connectivity index (χ0n) is 10.7. The third-order valence-electron chi connectivity index (χ3n) is 2.63. The van der Waals surface area contributed by atoms with Crippen LogP contribution in [0.5, 0.6) is 5.75 Å². The summed E-state index contributed by atoms with van der Waals surface area (Å²) in [6.07, 6.45) is 1.35. The second-order valence-corrected chi connectivity index (χ2v) is 3.99. The number of nitrogens with one attached hydrogen (secondary N) is 1. The van der Waals surface area contributed by atoms with Crippen molar-refractivity contribution >= 4 is 5.82 Å². The summed E-state index contributed by atoms with van der Waals surface area (Å²) in [5.74, 6) is -11.1. The Kier molecular flexibility index (Phi) is 4.25. The van der Waals surface area contributed by atoms with E-state index >= 15 is 0 Å². The lowest BCUT2D eigenvalue weighted by Crippen LogP contribution is -2.07. The van der Waals surface area contributed by atoms with Gasteiger partial charge < -0.3 is 10.1 Å². The molecule has 8 heteroatoms. The van der Waals surface area contributed by atoms with Crippen LogP contribution in [0.25, 0.3) is 0 Å². The van der Waals surface area contributed by atoms with E-state index in [1.54, 1.807) is 13.1 Å². The van der Waals surface area contributed by atoms with Crippen LogP contribution in [0.1, 0.15) is 5.56 Å². The molecule has 3 nitrogen and oxygen atoms in total. The molecule has 0 saturated heterocycles. The van der Waals surface area contributed by atoms with Crippen molar-refractivity contribution in [3.05, 3.63) is 53.0 Å². The van der Waals surface area contributed by atoms with Gasteiger partial charge in [-0.2, -0.15) is 8.78 Å². The van der Waals surface area contributed by atoms with Gasteiger partial charge in [0.15, 0.2) is 5.75 Å². The highest BCUT2D eigenvalue weighted by Crippen LogP contribution is 2.29. The molecule has 2 aromatic rings. The zero-order chi connectivity index (χ0) is 15.6. The number of halogens is 5. The van der Waals surface area contributed by atoms with Crippen molar-refractivity contribution in [2.24, 2.45) is 0 Å². The summed E-state index contributed by atoms with van der Waals surface area (Å²) in [7, 11) is 1.65. The molecule has 0 amide bonds. The van der Waals surface area contributed by atoms with E-state index in [0.717, 1.165) is 0 Å². The molecule has 0 aliphatic carbocycles. The fourth-order valence-corrected chi connectivity index (χ4v) is 1.52. The molecule has 2 rings (SSSR count). The van der Waals surface area contributed by atoms with Gasteiger partial charge in [0.05, 0.1) is 0 Å². The molecule has 1 heterocycles. The number of anilines is 1. The molecule has 0 aliphatic heterocycles. The number of benzene rings is 1. The summed E-state index contributed by atoms with van der Waals surface area (Å²) >= 11 is 0. The van der Waals surface area contributed by atoms with Crippen LogP contribution in [0.4, 0.5) is 27.8 Å². The average molecular weight is 304 g/mol. The van der Waals surface area contributed by atoms with Crippen LogP contribution in [-0.4, -0.2) is 12.0 Å². The van der Waals surface area contributed by atoms with Gasteiger partial charge in [0.2, 0.25) is 29.1 Å². The molecule has 0 aliphatic rings. The van der Waals surface area contributed by atoms with Gasteiger partial charge in [-0.05, 0) is 6.07 Å². The van der Waals surface area contributed by atoms with E-state index in [1.807, 2.05) is 0 Å². The van der Waals surface area contributed by atoms with Crippen molar-refractivity contribution in [2.45, 2.75) is 6.61 Å². The highest BCUT2D eigenvalue weighted by molar-refractivity contribution is 5.35. The van der Waals surface area contributed by atoms with Gasteiger partial charge in [0.25, 0.3) is 0 Å². The van der Waals surface area contributed by atoms with E-state index in [-0.39, 0.29) is 0 Å². The minimum atomic E-state index is -2.22. The van der Waals surface area contributed by atoms with E-state index in [9.17, 15) is 22.0 Å². The lowest BCUT2D eigenvalue weighted by atomic mass is 10.2. The third kappa shape index (κ3) is 2.88. The molecular weight excluding hydrogens is 295 g/mol. The topological polar surface area (TPSA) is 34.1 Å². The van der Waals surface area contributed by atoms with Crippen LogP contribution in [0.15, 0.2) is 18.3 Å². The summed E-state index contributed by atoms with van der Waals surface area (Å²) < 4.78 is 70.2. The summed E-state index contributed by atoms with van der Waals surface area (Å²) in [6.45, 7) is -0.394. The maximum Gasteiger partial charge on any atom is 0.207 e. The van der Waals surface area contributed by atoms with E-state index in [4.69, 9.17) is 0 Å². The molecule has 0 saturated carbocycles. The van der Waals surface area contributed by atoms with Crippen LogP contribution in [0, 0.1) is 29.1 Å². The predicted octanol–water partition coefficient (Wildman–Crippen LogP) is 3.40. The molecule has 21 heavy (non-hydrogen) atoms. The molecule has 1 N–H and O–H groups in total. The van der Waals surface area contributed by atoms with Gasteiger partial charge in [0, 0.05) is 18.8 Å². The molecule has 0 radical (unpaired) electrons. The molecule has 0 atom stereocenters. The zero-order valence-corrected chi connectivity index (χ0v) is 10.7. The summed E-state index contributed by atoms with van der Waals surface area (Å²) in [6, 6.07) is 3.10. The quantitative estimate of drug-likeness (QED) is 0.534. The first-order chi connectivity index (χ1) is 9.95. The van der Waals surface area contributed by atoms with Gasteiger partial charge in [-0.3, -0.25) is 0 Å². The lowest BCUT2D eigenvalue weighted by molar-refractivity contribution is 0.253.